The zero-order valence-corrected chi connectivity index (χ0v) is 22.3. The molecule has 1 fully saturated rings. The molecule has 2 aliphatic heterocycles. The van der Waals surface area contributed by atoms with Gasteiger partial charge in [0, 0.05) is 31.7 Å². The second-order valence-electron chi connectivity index (χ2n) is 9.75. The minimum Gasteiger partial charge on any atom is -0.454 e. The van der Waals surface area contributed by atoms with Crippen molar-refractivity contribution >= 4 is 28.2 Å². The summed E-state index contributed by atoms with van der Waals surface area (Å²) in [6.45, 7) is 10.6. The molecular formula is C28H34N4O4S. The van der Waals surface area contributed by atoms with E-state index < -0.39 is 0 Å². The molecule has 196 valence electrons. The van der Waals surface area contributed by atoms with E-state index in [4.69, 9.17) is 26.4 Å². The Labute approximate surface area is 222 Å². The zero-order valence-electron chi connectivity index (χ0n) is 21.5. The van der Waals surface area contributed by atoms with Crippen LogP contribution in [0.15, 0.2) is 41.2 Å². The molecule has 5 rings (SSSR count). The molecule has 3 heterocycles. The van der Waals surface area contributed by atoms with Crippen LogP contribution in [0.1, 0.15) is 28.7 Å². The Morgan fingerprint density at radius 2 is 1.89 bits per heavy atom. The SMILES string of the molecule is Cc1cc(C)c2[nH]c(=O)c(CN(Cc3ccc4c(c3)OCO4)C(=S)NCCCN3CCOCC3)cc2c1. The van der Waals surface area contributed by atoms with E-state index in [1.165, 1.54) is 0 Å². The van der Waals surface area contributed by atoms with Crippen molar-refractivity contribution < 1.29 is 14.2 Å². The van der Waals surface area contributed by atoms with Gasteiger partial charge in [0.15, 0.2) is 16.6 Å². The standard InChI is InChI=1S/C28H34N4O4S/c1-19-12-20(2)26-22(13-19)15-23(27(33)30-26)17-32(16-21-4-5-24-25(14-21)36-18-35-24)28(37)29-6-3-7-31-8-10-34-11-9-31/h4-5,12-15H,3,6-11,16-18H2,1-2H3,(H,29,37)(H,30,33). The van der Waals surface area contributed by atoms with Crippen molar-refractivity contribution in [3.63, 3.8) is 0 Å². The third kappa shape index (κ3) is 6.23. The molecule has 2 aliphatic rings. The van der Waals surface area contributed by atoms with E-state index in [-0.39, 0.29) is 12.4 Å². The van der Waals surface area contributed by atoms with Gasteiger partial charge in [0.25, 0.3) is 5.56 Å². The summed E-state index contributed by atoms with van der Waals surface area (Å²) in [5.74, 6) is 1.48. The lowest BCUT2D eigenvalue weighted by Crippen LogP contribution is -2.42. The maximum absolute atomic E-state index is 13.1. The smallest absolute Gasteiger partial charge is 0.253 e. The van der Waals surface area contributed by atoms with Crippen LogP contribution >= 0.6 is 12.2 Å². The van der Waals surface area contributed by atoms with Gasteiger partial charge in [0.2, 0.25) is 6.79 Å². The lowest BCUT2D eigenvalue weighted by molar-refractivity contribution is 0.0376. The highest BCUT2D eigenvalue weighted by atomic mass is 32.1. The maximum atomic E-state index is 13.1. The second kappa shape index (κ2) is 11.5. The minimum atomic E-state index is -0.0924. The predicted octanol–water partition coefficient (Wildman–Crippen LogP) is 3.47. The Morgan fingerprint density at radius 3 is 2.73 bits per heavy atom. The molecule has 37 heavy (non-hydrogen) atoms. The van der Waals surface area contributed by atoms with E-state index in [1.54, 1.807) is 0 Å². The first kappa shape index (κ1) is 25.5. The van der Waals surface area contributed by atoms with Gasteiger partial charge in [-0.25, -0.2) is 0 Å². The highest BCUT2D eigenvalue weighted by molar-refractivity contribution is 7.80. The van der Waals surface area contributed by atoms with Gasteiger partial charge in [0.05, 0.1) is 25.3 Å². The van der Waals surface area contributed by atoms with E-state index in [1.807, 2.05) is 36.1 Å². The molecule has 1 saturated heterocycles. The second-order valence-corrected chi connectivity index (χ2v) is 10.1. The van der Waals surface area contributed by atoms with E-state index in [0.29, 0.717) is 23.8 Å². The highest BCUT2D eigenvalue weighted by Crippen LogP contribution is 2.33. The molecule has 0 unspecified atom stereocenters. The molecule has 0 spiro atoms. The van der Waals surface area contributed by atoms with Gasteiger partial charge >= 0.3 is 0 Å². The first-order valence-electron chi connectivity index (χ1n) is 12.8. The third-order valence-electron chi connectivity index (χ3n) is 6.86. The van der Waals surface area contributed by atoms with Crippen molar-refractivity contribution in [3.05, 3.63) is 69.0 Å². The largest absolute Gasteiger partial charge is 0.454 e. The van der Waals surface area contributed by atoms with E-state index >= 15 is 0 Å². The van der Waals surface area contributed by atoms with Crippen LogP contribution in [0, 0.1) is 13.8 Å². The summed E-state index contributed by atoms with van der Waals surface area (Å²) in [5.41, 5.74) is 4.73. The molecule has 0 atom stereocenters. The van der Waals surface area contributed by atoms with Crippen molar-refractivity contribution in [1.29, 1.82) is 0 Å². The fraction of sp³-hybridized carbons (Fsp3) is 0.429. The normalized spacial score (nSPS) is 15.2. The van der Waals surface area contributed by atoms with Gasteiger partial charge in [-0.3, -0.25) is 9.69 Å². The quantitative estimate of drug-likeness (QED) is 0.344. The van der Waals surface area contributed by atoms with E-state index in [2.05, 4.69) is 34.3 Å². The molecule has 9 heteroatoms. The van der Waals surface area contributed by atoms with Crippen molar-refractivity contribution in [1.82, 2.24) is 20.1 Å². The summed E-state index contributed by atoms with van der Waals surface area (Å²) in [4.78, 5) is 20.6. The average molecular weight is 523 g/mol. The van der Waals surface area contributed by atoms with Crippen molar-refractivity contribution in [2.24, 2.45) is 0 Å². The Hall–Kier alpha value is -3.14. The Kier molecular flexibility index (Phi) is 7.93. The summed E-state index contributed by atoms with van der Waals surface area (Å²) in [7, 11) is 0. The number of aromatic amines is 1. The summed E-state index contributed by atoms with van der Waals surface area (Å²) in [5, 5.41) is 5.07. The number of aryl methyl sites for hydroxylation is 2. The molecule has 2 aromatic carbocycles. The molecule has 2 N–H and O–H groups in total. The first-order chi connectivity index (χ1) is 18.0. The number of rotatable bonds is 8. The lowest BCUT2D eigenvalue weighted by Gasteiger charge is -2.28. The van der Waals surface area contributed by atoms with Crippen molar-refractivity contribution in [2.75, 3.05) is 46.2 Å². The number of nitrogens with one attached hydrogen (secondary N) is 2. The number of nitrogens with zero attached hydrogens (tertiary/aromatic N) is 2. The Balaban J connectivity index is 1.32. The monoisotopic (exact) mass is 522 g/mol. The summed E-state index contributed by atoms with van der Waals surface area (Å²) >= 11 is 5.84. The van der Waals surface area contributed by atoms with Crippen LogP contribution in [0.25, 0.3) is 10.9 Å². The number of H-pyrrole nitrogens is 1. The van der Waals surface area contributed by atoms with Crippen LogP contribution in [0.2, 0.25) is 0 Å². The molecule has 0 aliphatic carbocycles. The lowest BCUT2D eigenvalue weighted by atomic mass is 10.0. The van der Waals surface area contributed by atoms with Crippen LogP contribution in [-0.4, -0.2) is 66.1 Å². The van der Waals surface area contributed by atoms with Crippen molar-refractivity contribution in [2.45, 2.75) is 33.4 Å². The van der Waals surface area contributed by atoms with Crippen LogP contribution in [0.3, 0.4) is 0 Å². The number of ether oxygens (including phenoxy) is 3. The number of morpholine rings is 1. The fourth-order valence-electron chi connectivity index (χ4n) is 4.95. The van der Waals surface area contributed by atoms with Crippen LogP contribution in [0.5, 0.6) is 11.5 Å². The molecule has 0 amide bonds. The fourth-order valence-corrected chi connectivity index (χ4v) is 5.18. The molecular weight excluding hydrogens is 488 g/mol. The third-order valence-corrected chi connectivity index (χ3v) is 7.26. The Morgan fingerprint density at radius 1 is 1.08 bits per heavy atom. The number of benzene rings is 2. The predicted molar refractivity (Wildman–Crippen MR) is 148 cm³/mol. The van der Waals surface area contributed by atoms with Gasteiger partial charge in [-0.05, 0) is 79.8 Å². The highest BCUT2D eigenvalue weighted by Gasteiger charge is 2.18. The number of pyridine rings is 1. The number of thiocarbonyl (C=S) groups is 1. The first-order valence-corrected chi connectivity index (χ1v) is 13.2. The van der Waals surface area contributed by atoms with Crippen LogP contribution in [0.4, 0.5) is 0 Å². The zero-order chi connectivity index (χ0) is 25.8. The maximum Gasteiger partial charge on any atom is 0.253 e. The topological polar surface area (TPSA) is 79.1 Å². The summed E-state index contributed by atoms with van der Waals surface area (Å²) in [6.07, 6.45) is 0.979. The Bertz CT molecular complexity index is 1340. The number of fused-ring (bicyclic) bond motifs is 2. The van der Waals surface area contributed by atoms with Gasteiger partial charge < -0.3 is 29.4 Å². The number of hydrogen-bond acceptors (Lipinski definition) is 6. The minimum absolute atomic E-state index is 0.0924. The van der Waals surface area contributed by atoms with Crippen LogP contribution < -0.4 is 20.3 Å². The van der Waals surface area contributed by atoms with E-state index in [0.717, 1.165) is 84.9 Å². The van der Waals surface area contributed by atoms with Gasteiger partial charge in [-0.15, -0.1) is 0 Å². The van der Waals surface area contributed by atoms with Gasteiger partial charge in [-0.2, -0.15) is 0 Å². The molecule has 8 nitrogen and oxygen atoms in total. The van der Waals surface area contributed by atoms with Crippen molar-refractivity contribution in [3.8, 4) is 11.5 Å². The van der Waals surface area contributed by atoms with Gasteiger partial charge in [0.1, 0.15) is 0 Å². The van der Waals surface area contributed by atoms with Crippen LogP contribution in [-0.2, 0) is 17.8 Å². The summed E-state index contributed by atoms with van der Waals surface area (Å²) < 4.78 is 16.5. The molecule has 1 aromatic heterocycles. The average Bonchev–Trinajstić information content (AvgIpc) is 3.35. The van der Waals surface area contributed by atoms with E-state index in [9.17, 15) is 4.79 Å². The number of hydrogen-bond donors (Lipinski definition) is 2. The molecule has 0 radical (unpaired) electrons. The molecule has 0 saturated carbocycles. The summed E-state index contributed by atoms with van der Waals surface area (Å²) in [6, 6.07) is 12.1. The molecule has 0 bridgehead atoms. The van der Waals surface area contributed by atoms with Gasteiger partial charge in [-0.1, -0.05) is 17.7 Å². The number of aromatic nitrogens is 1. The molecule has 3 aromatic rings.